The number of esters is 1. The number of carbonyl (C=O) groups excluding carboxylic acids is 1. The topological polar surface area (TPSA) is 89.3 Å². The molecule has 0 saturated carbocycles. The molecule has 1 aliphatic rings. The Kier molecular flexibility index (Phi) is 6.53. The van der Waals surface area contributed by atoms with Crippen LogP contribution in [0.3, 0.4) is 0 Å². The van der Waals surface area contributed by atoms with Gasteiger partial charge in [0.05, 0.1) is 5.57 Å². The number of phenols is 1. The van der Waals surface area contributed by atoms with Gasteiger partial charge in [0.1, 0.15) is 18.4 Å². The maximum Gasteiger partial charge on any atom is 0.338 e. The van der Waals surface area contributed by atoms with Gasteiger partial charge in [-0.15, -0.1) is 5.10 Å². The third kappa shape index (κ3) is 4.51. The molecular formula is C23H21ClN4O3S. The van der Waals surface area contributed by atoms with Crippen molar-refractivity contribution in [3.8, 4) is 5.75 Å². The maximum absolute atomic E-state index is 12.9. The number of nitrogens with one attached hydrogen (secondary N) is 1. The summed E-state index contributed by atoms with van der Waals surface area (Å²) in [7, 11) is 0. The smallest absolute Gasteiger partial charge is 0.338 e. The summed E-state index contributed by atoms with van der Waals surface area (Å²) in [6.07, 6.45) is 1.52. The summed E-state index contributed by atoms with van der Waals surface area (Å²) >= 11 is 7.72. The summed E-state index contributed by atoms with van der Waals surface area (Å²) in [4.78, 5) is 17.5. The molecule has 1 unspecified atom stereocenters. The second-order valence-electron chi connectivity index (χ2n) is 7.09. The molecule has 2 N–H and O–H groups in total. The van der Waals surface area contributed by atoms with Gasteiger partial charge >= 0.3 is 5.97 Å². The first-order valence-corrected chi connectivity index (χ1v) is 11.2. The number of halogens is 1. The van der Waals surface area contributed by atoms with E-state index in [1.54, 1.807) is 35.9 Å². The Bertz CT molecular complexity index is 1190. The number of allylic oxidation sites excluding steroid dienone is 1. The largest absolute Gasteiger partial charge is 0.508 e. The van der Waals surface area contributed by atoms with E-state index < -0.39 is 12.0 Å². The zero-order chi connectivity index (χ0) is 22.7. The number of hydrogen-bond acceptors (Lipinski definition) is 7. The van der Waals surface area contributed by atoms with Gasteiger partial charge in [-0.3, -0.25) is 0 Å². The van der Waals surface area contributed by atoms with Crippen LogP contribution in [0.25, 0.3) is 0 Å². The second-order valence-corrected chi connectivity index (χ2v) is 8.44. The number of aromatic hydroxyl groups is 1. The molecule has 0 bridgehead atoms. The Morgan fingerprint density at radius 2 is 2.06 bits per heavy atom. The molecule has 0 radical (unpaired) electrons. The summed E-state index contributed by atoms with van der Waals surface area (Å²) in [6.45, 7) is 5.49. The number of benzene rings is 2. The highest BCUT2D eigenvalue weighted by Crippen LogP contribution is 2.37. The van der Waals surface area contributed by atoms with E-state index in [2.05, 4.69) is 22.0 Å². The van der Waals surface area contributed by atoms with Crippen molar-refractivity contribution in [2.75, 3.05) is 11.9 Å². The molecule has 1 atom stereocenters. The van der Waals surface area contributed by atoms with Gasteiger partial charge in [0, 0.05) is 16.5 Å². The molecule has 3 aromatic rings. The minimum absolute atomic E-state index is 0.0983. The van der Waals surface area contributed by atoms with E-state index in [1.165, 1.54) is 17.8 Å². The molecule has 2 heterocycles. The summed E-state index contributed by atoms with van der Waals surface area (Å²) in [5.74, 6) is 0.782. The first kappa shape index (κ1) is 22.0. The van der Waals surface area contributed by atoms with Crippen molar-refractivity contribution in [2.45, 2.75) is 23.9 Å². The number of fused-ring (bicyclic) bond motifs is 1. The van der Waals surface area contributed by atoms with E-state index >= 15 is 0 Å². The number of ether oxygens (including phenoxy) is 1. The van der Waals surface area contributed by atoms with Crippen molar-refractivity contribution in [1.29, 1.82) is 0 Å². The SMILES string of the molecule is C=CCOC(=O)C1=C(C)Nc2nc(SCc3ccccc3Cl)nn2C1c1ccc(O)cc1. The number of thioether (sulfide) groups is 1. The number of rotatable bonds is 7. The van der Waals surface area contributed by atoms with Crippen LogP contribution in [0.1, 0.15) is 24.1 Å². The van der Waals surface area contributed by atoms with Crippen molar-refractivity contribution in [3.63, 3.8) is 0 Å². The monoisotopic (exact) mass is 468 g/mol. The summed E-state index contributed by atoms with van der Waals surface area (Å²) in [5.41, 5.74) is 2.79. The first-order chi connectivity index (χ1) is 15.5. The molecule has 7 nitrogen and oxygen atoms in total. The van der Waals surface area contributed by atoms with Crippen LogP contribution in [0, 0.1) is 0 Å². The molecule has 0 aliphatic carbocycles. The molecule has 1 aliphatic heterocycles. The van der Waals surface area contributed by atoms with Crippen LogP contribution in [0.5, 0.6) is 5.75 Å². The van der Waals surface area contributed by atoms with Gasteiger partial charge < -0.3 is 15.2 Å². The molecule has 0 saturated heterocycles. The van der Waals surface area contributed by atoms with Gasteiger partial charge in [-0.25, -0.2) is 9.48 Å². The average molecular weight is 469 g/mol. The first-order valence-electron chi connectivity index (χ1n) is 9.85. The Morgan fingerprint density at radius 1 is 1.31 bits per heavy atom. The van der Waals surface area contributed by atoms with Crippen molar-refractivity contribution in [3.05, 3.63) is 88.6 Å². The van der Waals surface area contributed by atoms with Crippen molar-refractivity contribution < 1.29 is 14.6 Å². The highest BCUT2D eigenvalue weighted by molar-refractivity contribution is 7.98. The van der Waals surface area contributed by atoms with E-state index in [0.717, 1.165) is 11.1 Å². The minimum Gasteiger partial charge on any atom is -0.508 e. The third-order valence-electron chi connectivity index (χ3n) is 4.91. The Balaban J connectivity index is 1.69. The number of phenolic OH excluding ortho intramolecular Hbond substituents is 1. The third-order valence-corrected chi connectivity index (χ3v) is 6.16. The lowest BCUT2D eigenvalue weighted by molar-refractivity contribution is -0.138. The second kappa shape index (κ2) is 9.50. The number of anilines is 1. The lowest BCUT2D eigenvalue weighted by atomic mass is 9.96. The predicted molar refractivity (Wildman–Crippen MR) is 125 cm³/mol. The Labute approximate surface area is 194 Å². The van der Waals surface area contributed by atoms with E-state index in [0.29, 0.717) is 33.2 Å². The quantitative estimate of drug-likeness (QED) is 0.288. The van der Waals surface area contributed by atoms with Gasteiger partial charge in [-0.1, -0.05) is 66.3 Å². The van der Waals surface area contributed by atoms with Crippen LogP contribution in [0.15, 0.2) is 77.6 Å². The predicted octanol–water partition coefficient (Wildman–Crippen LogP) is 4.95. The minimum atomic E-state index is -0.564. The van der Waals surface area contributed by atoms with Crippen LogP contribution >= 0.6 is 23.4 Å². The Hall–Kier alpha value is -3.23. The van der Waals surface area contributed by atoms with Crippen LogP contribution in [-0.4, -0.2) is 32.4 Å². The highest BCUT2D eigenvalue weighted by atomic mass is 35.5. The van der Waals surface area contributed by atoms with Crippen molar-refractivity contribution >= 4 is 35.3 Å². The van der Waals surface area contributed by atoms with Gasteiger partial charge in [0.25, 0.3) is 0 Å². The van der Waals surface area contributed by atoms with Crippen molar-refractivity contribution in [1.82, 2.24) is 14.8 Å². The van der Waals surface area contributed by atoms with Gasteiger partial charge in [0.2, 0.25) is 11.1 Å². The summed E-state index contributed by atoms with van der Waals surface area (Å²) < 4.78 is 7.00. The molecule has 0 fully saturated rings. The molecular weight excluding hydrogens is 448 g/mol. The molecule has 4 rings (SSSR count). The molecule has 0 amide bonds. The van der Waals surface area contributed by atoms with E-state index in [9.17, 15) is 9.90 Å². The van der Waals surface area contributed by atoms with Crippen LogP contribution in [0.4, 0.5) is 5.95 Å². The standard InChI is InChI=1S/C23H21ClN4O3S/c1-3-12-31-21(30)19-14(2)25-22-26-23(32-13-16-6-4-5-7-18(16)24)27-28(22)20(19)15-8-10-17(29)11-9-15/h3-11,20,29H,1,12-13H2,2H3,(H,25,26,27). The molecule has 1 aromatic heterocycles. The molecule has 164 valence electrons. The Morgan fingerprint density at radius 3 is 2.78 bits per heavy atom. The number of carbonyl (C=O) groups is 1. The molecule has 0 spiro atoms. The van der Waals surface area contributed by atoms with E-state index in [1.807, 2.05) is 24.3 Å². The van der Waals surface area contributed by atoms with Crippen LogP contribution < -0.4 is 5.32 Å². The zero-order valence-electron chi connectivity index (χ0n) is 17.3. The van der Waals surface area contributed by atoms with Gasteiger partial charge in [-0.2, -0.15) is 4.98 Å². The number of hydrogen-bond donors (Lipinski definition) is 2. The fourth-order valence-electron chi connectivity index (χ4n) is 3.39. The fourth-order valence-corrected chi connectivity index (χ4v) is 4.51. The lowest BCUT2D eigenvalue weighted by Gasteiger charge is -2.28. The van der Waals surface area contributed by atoms with Crippen LogP contribution in [0.2, 0.25) is 5.02 Å². The van der Waals surface area contributed by atoms with E-state index in [-0.39, 0.29) is 12.4 Å². The number of nitrogens with zero attached hydrogens (tertiary/aromatic N) is 3. The van der Waals surface area contributed by atoms with Crippen molar-refractivity contribution in [2.24, 2.45) is 0 Å². The normalized spacial score (nSPS) is 15.1. The molecule has 2 aromatic carbocycles. The van der Waals surface area contributed by atoms with Crippen LogP contribution in [-0.2, 0) is 15.3 Å². The highest BCUT2D eigenvalue weighted by Gasteiger charge is 2.35. The fraction of sp³-hybridized carbons (Fsp3) is 0.174. The number of aromatic nitrogens is 3. The average Bonchev–Trinajstić information content (AvgIpc) is 3.19. The van der Waals surface area contributed by atoms with Gasteiger partial charge in [0.15, 0.2) is 0 Å². The molecule has 9 heteroatoms. The van der Waals surface area contributed by atoms with Gasteiger partial charge in [-0.05, 0) is 36.2 Å². The zero-order valence-corrected chi connectivity index (χ0v) is 18.9. The lowest BCUT2D eigenvalue weighted by Crippen LogP contribution is -2.29. The molecule has 32 heavy (non-hydrogen) atoms. The maximum atomic E-state index is 12.9. The summed E-state index contributed by atoms with van der Waals surface area (Å²) in [5, 5.41) is 18.8. The summed E-state index contributed by atoms with van der Waals surface area (Å²) in [6, 6.07) is 13.7. The van der Waals surface area contributed by atoms with E-state index in [4.69, 9.17) is 16.3 Å².